The average Bonchev–Trinajstić information content (AvgIpc) is 2.50. The van der Waals surface area contributed by atoms with Crippen LogP contribution in [0.4, 0.5) is 13.2 Å². The van der Waals surface area contributed by atoms with Crippen LogP contribution in [0.2, 0.25) is 0 Å². The van der Waals surface area contributed by atoms with Crippen LogP contribution < -0.4 is 11.1 Å². The maximum Gasteiger partial charge on any atom is 0.490 e. The van der Waals surface area contributed by atoms with Gasteiger partial charge in [0.2, 0.25) is 5.91 Å². The minimum absolute atomic E-state index is 0.00312. The first-order valence-electron chi connectivity index (χ1n) is 6.63. The molecule has 5 N–H and O–H groups in total. The standard InChI is InChI=1S/C11H18N2O5.C2HF3O2/c1-3-4-8(11(17)18-2)13-9(14)6-5-7(12)10(15)16;3-2(4,5)1(6)7/h3,7-8H,1,4-6,12H2,2H3,(H,13,14)(H,15,16);(H,6,7)/t7-,8?;/m0./s1. The van der Waals surface area contributed by atoms with Crippen LogP contribution in [-0.2, 0) is 23.9 Å². The summed E-state index contributed by atoms with van der Waals surface area (Å²) < 4.78 is 36.2. The summed E-state index contributed by atoms with van der Waals surface area (Å²) >= 11 is 0. The number of nitrogens with one attached hydrogen (secondary N) is 1. The van der Waals surface area contributed by atoms with Gasteiger partial charge in [-0.05, 0) is 12.8 Å². The Morgan fingerprint density at radius 1 is 1.28 bits per heavy atom. The van der Waals surface area contributed by atoms with Gasteiger partial charge in [0.15, 0.2) is 0 Å². The highest BCUT2D eigenvalue weighted by Gasteiger charge is 2.38. The Balaban J connectivity index is 0. The smallest absolute Gasteiger partial charge is 0.480 e. The SMILES string of the molecule is C=CCC(NC(=O)CC[C@H](N)C(=O)O)C(=O)OC.O=C(O)C(F)(F)F. The number of methoxy groups -OCH3 is 1. The van der Waals surface area contributed by atoms with Gasteiger partial charge in [-0.25, -0.2) is 9.59 Å². The zero-order valence-electron chi connectivity index (χ0n) is 13.2. The number of esters is 1. The molecule has 0 aliphatic rings. The van der Waals surface area contributed by atoms with Crippen LogP contribution in [-0.4, -0.2) is 59.4 Å². The Morgan fingerprint density at radius 2 is 1.76 bits per heavy atom. The Bertz CT molecular complexity index is 495. The molecule has 0 bridgehead atoms. The van der Waals surface area contributed by atoms with E-state index in [0.29, 0.717) is 0 Å². The molecule has 0 aromatic carbocycles. The predicted molar refractivity (Wildman–Crippen MR) is 77.3 cm³/mol. The molecule has 2 atom stereocenters. The normalized spacial score (nSPS) is 12.7. The molecule has 0 saturated carbocycles. The Morgan fingerprint density at radius 3 is 2.08 bits per heavy atom. The minimum atomic E-state index is -5.08. The number of carboxylic acid groups (broad SMARTS) is 2. The van der Waals surface area contributed by atoms with E-state index in [0.717, 1.165) is 0 Å². The van der Waals surface area contributed by atoms with Gasteiger partial charge in [0, 0.05) is 6.42 Å². The van der Waals surface area contributed by atoms with E-state index in [1.807, 2.05) is 0 Å². The molecule has 0 aliphatic carbocycles. The molecular weight excluding hydrogens is 353 g/mol. The molecule has 0 heterocycles. The van der Waals surface area contributed by atoms with E-state index < -0.39 is 42.1 Å². The van der Waals surface area contributed by atoms with Crippen LogP contribution in [0.3, 0.4) is 0 Å². The first-order chi connectivity index (χ1) is 11.4. The molecule has 25 heavy (non-hydrogen) atoms. The van der Waals surface area contributed by atoms with Crippen molar-refractivity contribution in [3.63, 3.8) is 0 Å². The number of hydrogen-bond donors (Lipinski definition) is 4. The summed E-state index contributed by atoms with van der Waals surface area (Å²) in [6.07, 6.45) is -3.44. The number of carbonyl (C=O) groups excluding carboxylic acids is 2. The summed E-state index contributed by atoms with van der Waals surface area (Å²) in [5.41, 5.74) is 5.25. The van der Waals surface area contributed by atoms with Crippen molar-refractivity contribution in [1.29, 1.82) is 0 Å². The van der Waals surface area contributed by atoms with Crippen molar-refractivity contribution in [3.05, 3.63) is 12.7 Å². The van der Waals surface area contributed by atoms with E-state index in [-0.39, 0.29) is 19.3 Å². The van der Waals surface area contributed by atoms with Crippen molar-refractivity contribution >= 4 is 23.8 Å². The molecule has 0 aliphatic heterocycles. The third kappa shape index (κ3) is 12.5. The second-order valence-corrected chi connectivity index (χ2v) is 4.45. The molecule has 0 fully saturated rings. The van der Waals surface area contributed by atoms with Crippen molar-refractivity contribution in [2.45, 2.75) is 37.5 Å². The zero-order chi connectivity index (χ0) is 20.2. The number of halogens is 3. The molecule has 0 rings (SSSR count). The summed E-state index contributed by atoms with van der Waals surface area (Å²) in [5, 5.41) is 18.1. The van der Waals surface area contributed by atoms with E-state index in [2.05, 4.69) is 16.6 Å². The molecule has 0 aromatic heterocycles. The predicted octanol–water partition coefficient (Wildman–Crippen LogP) is 0.0457. The number of amides is 1. The lowest BCUT2D eigenvalue weighted by atomic mass is 10.1. The molecular formula is C13H19F3N2O7. The maximum atomic E-state index is 11.5. The highest BCUT2D eigenvalue weighted by molar-refractivity contribution is 5.85. The summed E-state index contributed by atoms with van der Waals surface area (Å²) in [5.74, 6) is -4.96. The van der Waals surface area contributed by atoms with Gasteiger partial charge in [-0.15, -0.1) is 6.58 Å². The summed E-state index contributed by atoms with van der Waals surface area (Å²) in [7, 11) is 1.21. The Labute approximate surface area is 140 Å². The highest BCUT2D eigenvalue weighted by Crippen LogP contribution is 2.13. The molecule has 1 amide bonds. The molecule has 0 saturated heterocycles. The molecule has 9 nitrogen and oxygen atoms in total. The van der Waals surface area contributed by atoms with Crippen molar-refractivity contribution in [1.82, 2.24) is 5.32 Å². The van der Waals surface area contributed by atoms with E-state index >= 15 is 0 Å². The molecule has 1 unspecified atom stereocenters. The van der Waals surface area contributed by atoms with Crippen molar-refractivity contribution < 1.29 is 47.3 Å². The van der Waals surface area contributed by atoms with Crippen LogP contribution >= 0.6 is 0 Å². The minimum Gasteiger partial charge on any atom is -0.480 e. The van der Waals surface area contributed by atoms with E-state index in [1.54, 1.807) is 0 Å². The van der Waals surface area contributed by atoms with Gasteiger partial charge in [-0.1, -0.05) is 6.08 Å². The van der Waals surface area contributed by atoms with Gasteiger partial charge in [0.25, 0.3) is 0 Å². The van der Waals surface area contributed by atoms with Crippen LogP contribution in [0.5, 0.6) is 0 Å². The van der Waals surface area contributed by atoms with E-state index in [9.17, 15) is 27.6 Å². The first-order valence-corrected chi connectivity index (χ1v) is 6.63. The van der Waals surface area contributed by atoms with E-state index in [1.165, 1.54) is 13.2 Å². The Kier molecular flexibility index (Phi) is 11.7. The van der Waals surface area contributed by atoms with Crippen molar-refractivity contribution in [2.24, 2.45) is 5.73 Å². The number of rotatable bonds is 8. The van der Waals surface area contributed by atoms with Crippen LogP contribution in [0.25, 0.3) is 0 Å². The lowest BCUT2D eigenvalue weighted by Crippen LogP contribution is -2.42. The number of nitrogens with two attached hydrogens (primary N) is 1. The topological polar surface area (TPSA) is 156 Å². The van der Waals surface area contributed by atoms with Gasteiger partial charge >= 0.3 is 24.1 Å². The number of carboxylic acids is 2. The molecule has 0 radical (unpaired) electrons. The van der Waals surface area contributed by atoms with Gasteiger partial charge in [0.1, 0.15) is 12.1 Å². The second kappa shape index (κ2) is 11.8. The largest absolute Gasteiger partial charge is 0.490 e. The lowest BCUT2D eigenvalue weighted by molar-refractivity contribution is -0.192. The first kappa shape index (κ1) is 24.6. The summed E-state index contributed by atoms with van der Waals surface area (Å²) in [6, 6.07) is -1.90. The fraction of sp³-hybridized carbons (Fsp3) is 0.538. The van der Waals surface area contributed by atoms with Gasteiger partial charge in [0.05, 0.1) is 7.11 Å². The second-order valence-electron chi connectivity index (χ2n) is 4.45. The summed E-state index contributed by atoms with van der Waals surface area (Å²) in [6.45, 7) is 3.47. The average molecular weight is 372 g/mol. The number of ether oxygens (including phenoxy) is 1. The maximum absolute atomic E-state index is 11.5. The number of aliphatic carboxylic acids is 2. The quantitative estimate of drug-likeness (QED) is 0.344. The lowest BCUT2D eigenvalue weighted by Gasteiger charge is -2.15. The Hall–Kier alpha value is -2.63. The van der Waals surface area contributed by atoms with Gasteiger partial charge in [-0.2, -0.15) is 13.2 Å². The van der Waals surface area contributed by atoms with Gasteiger partial charge in [-0.3, -0.25) is 9.59 Å². The molecule has 12 heteroatoms. The van der Waals surface area contributed by atoms with Crippen LogP contribution in [0.1, 0.15) is 19.3 Å². The molecule has 0 spiro atoms. The third-order valence-corrected chi connectivity index (χ3v) is 2.47. The number of hydrogen-bond acceptors (Lipinski definition) is 6. The van der Waals surface area contributed by atoms with Crippen molar-refractivity contribution in [3.8, 4) is 0 Å². The van der Waals surface area contributed by atoms with Crippen molar-refractivity contribution in [2.75, 3.05) is 7.11 Å². The monoisotopic (exact) mass is 372 g/mol. The fourth-order valence-electron chi connectivity index (χ4n) is 1.20. The van der Waals surface area contributed by atoms with Crippen LogP contribution in [0.15, 0.2) is 12.7 Å². The fourth-order valence-corrected chi connectivity index (χ4v) is 1.20. The van der Waals surface area contributed by atoms with Crippen LogP contribution in [0, 0.1) is 0 Å². The summed E-state index contributed by atoms with van der Waals surface area (Å²) in [4.78, 5) is 42.1. The highest BCUT2D eigenvalue weighted by atomic mass is 19.4. The third-order valence-electron chi connectivity index (χ3n) is 2.47. The number of alkyl halides is 3. The number of carbonyl (C=O) groups is 4. The van der Waals surface area contributed by atoms with Gasteiger partial charge < -0.3 is 26.0 Å². The molecule has 144 valence electrons. The zero-order valence-corrected chi connectivity index (χ0v) is 13.2. The molecule has 0 aromatic rings. The van der Waals surface area contributed by atoms with E-state index in [4.69, 9.17) is 20.7 Å².